The molecule has 170 valence electrons. The molecule has 0 aliphatic heterocycles. The number of hydrogen-bond donors (Lipinski definition) is 2. The van der Waals surface area contributed by atoms with Gasteiger partial charge in [-0.1, -0.05) is 12.1 Å². The third-order valence-electron chi connectivity index (χ3n) is 4.77. The molecule has 0 bridgehead atoms. The van der Waals surface area contributed by atoms with E-state index in [0.717, 1.165) is 5.56 Å². The molecular formula is C25H23FN2O5. The molecule has 3 aromatic rings. The summed E-state index contributed by atoms with van der Waals surface area (Å²) in [5.41, 5.74) is 2.19. The lowest BCUT2D eigenvalue weighted by Gasteiger charge is -2.12. The van der Waals surface area contributed by atoms with E-state index in [1.807, 2.05) is 6.07 Å². The second kappa shape index (κ2) is 10.9. The summed E-state index contributed by atoms with van der Waals surface area (Å²) in [5, 5.41) is 5.48. The summed E-state index contributed by atoms with van der Waals surface area (Å²) in [6.07, 6.45) is 0.155. The Hall–Kier alpha value is -4.20. The summed E-state index contributed by atoms with van der Waals surface area (Å²) in [7, 11) is 2.81. The number of esters is 1. The van der Waals surface area contributed by atoms with E-state index in [1.165, 1.54) is 37.4 Å². The normalized spacial score (nSPS) is 10.3. The molecule has 0 saturated heterocycles. The maximum absolute atomic E-state index is 13.1. The van der Waals surface area contributed by atoms with Gasteiger partial charge in [-0.15, -0.1) is 0 Å². The van der Waals surface area contributed by atoms with E-state index in [1.54, 1.807) is 37.4 Å². The van der Waals surface area contributed by atoms with Crippen LogP contribution in [0.2, 0.25) is 0 Å². The van der Waals surface area contributed by atoms with Crippen LogP contribution in [-0.4, -0.2) is 32.0 Å². The molecule has 2 amide bonds. The molecule has 33 heavy (non-hydrogen) atoms. The molecule has 0 aliphatic carbocycles. The number of nitrogens with one attached hydrogen (secondary N) is 2. The van der Waals surface area contributed by atoms with Crippen LogP contribution in [0.5, 0.6) is 5.75 Å². The van der Waals surface area contributed by atoms with E-state index in [9.17, 15) is 18.8 Å². The molecule has 3 aromatic carbocycles. The third-order valence-corrected chi connectivity index (χ3v) is 4.77. The van der Waals surface area contributed by atoms with Gasteiger partial charge in [-0.2, -0.15) is 0 Å². The van der Waals surface area contributed by atoms with Crippen molar-refractivity contribution in [2.75, 3.05) is 19.5 Å². The first-order chi connectivity index (χ1) is 15.9. The topological polar surface area (TPSA) is 93.7 Å². The average molecular weight is 450 g/mol. The van der Waals surface area contributed by atoms with Crippen LogP contribution in [0.25, 0.3) is 0 Å². The van der Waals surface area contributed by atoms with Gasteiger partial charge in [0.05, 0.1) is 26.2 Å². The highest BCUT2D eigenvalue weighted by atomic mass is 19.1. The summed E-state index contributed by atoms with van der Waals surface area (Å²) in [5.74, 6) is -1.07. The molecule has 0 aromatic heterocycles. The van der Waals surface area contributed by atoms with Gasteiger partial charge in [0.15, 0.2) is 0 Å². The summed E-state index contributed by atoms with van der Waals surface area (Å²) in [6.45, 7) is 0.132. The molecule has 0 saturated carbocycles. The fourth-order valence-electron chi connectivity index (χ4n) is 3.14. The fourth-order valence-corrected chi connectivity index (χ4v) is 3.14. The van der Waals surface area contributed by atoms with E-state index in [0.29, 0.717) is 17.0 Å². The second-order valence-electron chi connectivity index (χ2n) is 7.18. The van der Waals surface area contributed by atoms with Gasteiger partial charge in [0.25, 0.3) is 5.91 Å². The first kappa shape index (κ1) is 23.5. The highest BCUT2D eigenvalue weighted by Gasteiger charge is 2.13. The number of rotatable bonds is 8. The van der Waals surface area contributed by atoms with Gasteiger partial charge in [0.2, 0.25) is 5.91 Å². The number of amides is 2. The Morgan fingerprint density at radius 3 is 2.33 bits per heavy atom. The van der Waals surface area contributed by atoms with Crippen LogP contribution in [0.3, 0.4) is 0 Å². The molecule has 0 spiro atoms. The van der Waals surface area contributed by atoms with Crippen molar-refractivity contribution in [1.82, 2.24) is 5.32 Å². The molecule has 0 unspecified atom stereocenters. The van der Waals surface area contributed by atoms with Crippen LogP contribution in [0, 0.1) is 5.82 Å². The van der Waals surface area contributed by atoms with Crippen molar-refractivity contribution in [3.05, 3.63) is 94.8 Å². The molecule has 0 heterocycles. The highest BCUT2D eigenvalue weighted by molar-refractivity contribution is 6.05. The minimum Gasteiger partial charge on any atom is -0.497 e. The molecule has 0 radical (unpaired) electrons. The summed E-state index contributed by atoms with van der Waals surface area (Å²) in [6, 6.07) is 17.0. The number of ether oxygens (including phenoxy) is 2. The van der Waals surface area contributed by atoms with E-state index in [2.05, 4.69) is 10.6 Å². The van der Waals surface area contributed by atoms with Gasteiger partial charge in [0, 0.05) is 17.8 Å². The number of methoxy groups -OCH3 is 2. The SMILES string of the molecule is COC(=O)c1cc(CNC(=O)Cc2cccc(OC)c2)cc(NC(=O)c2ccc(F)cc2)c1. The van der Waals surface area contributed by atoms with Crippen molar-refractivity contribution in [2.24, 2.45) is 0 Å². The Labute approximate surface area is 190 Å². The van der Waals surface area contributed by atoms with Gasteiger partial charge in [-0.25, -0.2) is 9.18 Å². The molecule has 0 atom stereocenters. The standard InChI is InChI=1S/C25H23FN2O5/c1-32-22-5-3-4-16(12-22)13-23(29)27-15-17-10-19(25(31)33-2)14-21(11-17)28-24(30)18-6-8-20(26)9-7-18/h3-12,14H,13,15H2,1-2H3,(H,27,29)(H,28,30). The Morgan fingerprint density at radius 1 is 0.879 bits per heavy atom. The van der Waals surface area contributed by atoms with Crippen molar-refractivity contribution < 1.29 is 28.2 Å². The summed E-state index contributed by atoms with van der Waals surface area (Å²) in [4.78, 5) is 36.9. The third kappa shape index (κ3) is 6.64. The van der Waals surface area contributed by atoms with Gasteiger partial charge >= 0.3 is 5.97 Å². The summed E-state index contributed by atoms with van der Waals surface area (Å²) < 4.78 is 23.1. The molecule has 7 nitrogen and oxygen atoms in total. The minimum absolute atomic E-state index is 0.132. The molecular weight excluding hydrogens is 427 g/mol. The maximum Gasteiger partial charge on any atom is 0.337 e. The predicted molar refractivity (Wildman–Crippen MR) is 121 cm³/mol. The molecule has 8 heteroatoms. The summed E-state index contributed by atoms with van der Waals surface area (Å²) >= 11 is 0. The number of halogens is 1. The van der Waals surface area contributed by atoms with Crippen molar-refractivity contribution in [3.8, 4) is 5.75 Å². The van der Waals surface area contributed by atoms with Gasteiger partial charge in [-0.3, -0.25) is 9.59 Å². The minimum atomic E-state index is -0.586. The zero-order chi connectivity index (χ0) is 23.8. The zero-order valence-corrected chi connectivity index (χ0v) is 18.2. The van der Waals surface area contributed by atoms with Crippen LogP contribution in [-0.2, 0) is 22.5 Å². The number of hydrogen-bond acceptors (Lipinski definition) is 5. The highest BCUT2D eigenvalue weighted by Crippen LogP contribution is 2.18. The van der Waals surface area contributed by atoms with Crippen molar-refractivity contribution in [1.29, 1.82) is 0 Å². The Kier molecular flexibility index (Phi) is 7.75. The Balaban J connectivity index is 1.72. The van der Waals surface area contributed by atoms with Gasteiger partial charge < -0.3 is 20.1 Å². The Bertz CT molecular complexity index is 1160. The fraction of sp³-hybridized carbons (Fsp3) is 0.160. The lowest BCUT2D eigenvalue weighted by Crippen LogP contribution is -2.25. The first-order valence-corrected chi connectivity index (χ1v) is 10.1. The maximum atomic E-state index is 13.1. The molecule has 0 fully saturated rings. The largest absolute Gasteiger partial charge is 0.497 e. The van der Waals surface area contributed by atoms with Crippen molar-refractivity contribution in [2.45, 2.75) is 13.0 Å². The number of anilines is 1. The first-order valence-electron chi connectivity index (χ1n) is 10.1. The lowest BCUT2D eigenvalue weighted by molar-refractivity contribution is -0.120. The van der Waals surface area contributed by atoms with E-state index in [-0.39, 0.29) is 30.0 Å². The van der Waals surface area contributed by atoms with Crippen LogP contribution in [0.4, 0.5) is 10.1 Å². The lowest BCUT2D eigenvalue weighted by atomic mass is 10.1. The van der Waals surface area contributed by atoms with E-state index in [4.69, 9.17) is 9.47 Å². The van der Waals surface area contributed by atoms with Gasteiger partial charge in [0.1, 0.15) is 11.6 Å². The van der Waals surface area contributed by atoms with E-state index < -0.39 is 17.7 Å². The molecule has 3 rings (SSSR count). The zero-order valence-electron chi connectivity index (χ0n) is 18.2. The Morgan fingerprint density at radius 2 is 1.64 bits per heavy atom. The average Bonchev–Trinajstić information content (AvgIpc) is 2.82. The van der Waals surface area contributed by atoms with Crippen molar-refractivity contribution in [3.63, 3.8) is 0 Å². The number of benzene rings is 3. The van der Waals surface area contributed by atoms with E-state index >= 15 is 0 Å². The monoisotopic (exact) mass is 450 g/mol. The second-order valence-corrected chi connectivity index (χ2v) is 7.18. The molecule has 2 N–H and O–H groups in total. The number of carbonyl (C=O) groups excluding carboxylic acids is 3. The van der Waals surface area contributed by atoms with Crippen LogP contribution in [0.15, 0.2) is 66.7 Å². The van der Waals surface area contributed by atoms with Crippen molar-refractivity contribution >= 4 is 23.5 Å². The van der Waals surface area contributed by atoms with Gasteiger partial charge in [-0.05, 0) is 65.7 Å². The smallest absolute Gasteiger partial charge is 0.337 e. The molecule has 0 aliphatic rings. The number of carbonyl (C=O) groups is 3. The predicted octanol–water partition coefficient (Wildman–Crippen LogP) is 3.73. The van der Waals surface area contributed by atoms with Crippen LogP contribution < -0.4 is 15.4 Å². The van der Waals surface area contributed by atoms with Crippen LogP contribution in [0.1, 0.15) is 31.8 Å². The van der Waals surface area contributed by atoms with Crippen LogP contribution >= 0.6 is 0 Å². The quantitative estimate of drug-likeness (QED) is 0.510.